The number of nitrogens with one attached hydrogen (secondary N) is 1. The number of benzene rings is 1. The van der Waals surface area contributed by atoms with Gasteiger partial charge in [0.05, 0.1) is 0 Å². The number of ketones is 1. The molecule has 0 bridgehead atoms. The molecule has 7 nitrogen and oxygen atoms in total. The van der Waals surface area contributed by atoms with Crippen molar-refractivity contribution in [2.75, 3.05) is 6.54 Å². The molecule has 0 radical (unpaired) electrons. The molecule has 0 aliphatic carbocycles. The van der Waals surface area contributed by atoms with E-state index in [2.05, 4.69) is 10.1 Å². The van der Waals surface area contributed by atoms with Crippen LogP contribution in [-0.4, -0.2) is 37.0 Å². The van der Waals surface area contributed by atoms with Gasteiger partial charge in [0.2, 0.25) is 5.78 Å². The number of urea groups is 1. The Hall–Kier alpha value is -2.71. The summed E-state index contributed by atoms with van der Waals surface area (Å²) in [7, 11) is 0. The summed E-state index contributed by atoms with van der Waals surface area (Å²) in [6.45, 7) is -1.06. The number of carbonyl (C=O) groups is 3. The number of carbonyl (C=O) groups excluding carboxylic acids is 3. The van der Waals surface area contributed by atoms with E-state index in [1.54, 1.807) is 0 Å². The quantitative estimate of drug-likeness (QED) is 0.353. The van der Waals surface area contributed by atoms with E-state index in [4.69, 9.17) is 10.5 Å². The SMILES string of the molecule is C[C@H](OC(=O)CCCCCNC(N)=O)C(=O)c1ccc(OC(F)F)cc1. The number of halogens is 2. The van der Waals surface area contributed by atoms with E-state index in [1.807, 2.05) is 0 Å². The van der Waals surface area contributed by atoms with Crippen molar-refractivity contribution in [1.29, 1.82) is 0 Å². The highest BCUT2D eigenvalue weighted by Crippen LogP contribution is 2.16. The first-order valence-electron chi connectivity index (χ1n) is 8.11. The molecule has 0 aliphatic rings. The lowest BCUT2D eigenvalue weighted by molar-refractivity contribution is -0.146. The number of Topliss-reactive ketones (excluding diaryl/α,β-unsaturated/α-hetero) is 1. The van der Waals surface area contributed by atoms with E-state index in [0.29, 0.717) is 25.8 Å². The fraction of sp³-hybridized carbons (Fsp3) is 0.471. The standard InChI is InChI=1S/C17H22F2N2O5/c1-11(25-14(22)5-3-2-4-10-21-17(20)24)15(23)12-6-8-13(9-7-12)26-16(18)19/h6-9,11,16H,2-5,10H2,1H3,(H3,20,21,24)/t11-/m0/s1. The monoisotopic (exact) mass is 372 g/mol. The third-order valence-corrected chi connectivity index (χ3v) is 3.40. The molecule has 0 aromatic heterocycles. The van der Waals surface area contributed by atoms with Gasteiger partial charge in [-0.15, -0.1) is 0 Å². The second-order valence-corrected chi connectivity index (χ2v) is 5.50. The number of amides is 2. The summed E-state index contributed by atoms with van der Waals surface area (Å²) in [6, 6.07) is 4.56. The lowest BCUT2D eigenvalue weighted by Gasteiger charge is -2.13. The Morgan fingerprint density at radius 2 is 1.77 bits per heavy atom. The van der Waals surface area contributed by atoms with Gasteiger partial charge in [0.25, 0.3) is 0 Å². The van der Waals surface area contributed by atoms with Crippen LogP contribution in [0.4, 0.5) is 13.6 Å². The van der Waals surface area contributed by atoms with Crippen molar-refractivity contribution >= 4 is 17.8 Å². The molecule has 1 aromatic carbocycles. The largest absolute Gasteiger partial charge is 0.454 e. The summed E-state index contributed by atoms with van der Waals surface area (Å²) in [5.41, 5.74) is 5.15. The third-order valence-electron chi connectivity index (χ3n) is 3.40. The van der Waals surface area contributed by atoms with Crippen LogP contribution < -0.4 is 15.8 Å². The molecule has 0 unspecified atom stereocenters. The van der Waals surface area contributed by atoms with Crippen LogP contribution in [0.15, 0.2) is 24.3 Å². The van der Waals surface area contributed by atoms with Crippen molar-refractivity contribution in [3.8, 4) is 5.75 Å². The van der Waals surface area contributed by atoms with E-state index >= 15 is 0 Å². The molecule has 0 aliphatic heterocycles. The molecule has 0 saturated carbocycles. The highest BCUT2D eigenvalue weighted by atomic mass is 19.3. The molecule has 9 heteroatoms. The molecule has 2 amide bonds. The molecule has 0 heterocycles. The van der Waals surface area contributed by atoms with Crippen LogP contribution in [0.25, 0.3) is 0 Å². The van der Waals surface area contributed by atoms with Gasteiger partial charge in [-0.1, -0.05) is 6.42 Å². The Morgan fingerprint density at radius 3 is 2.35 bits per heavy atom. The number of primary amides is 1. The highest BCUT2D eigenvalue weighted by molar-refractivity contribution is 6.00. The third kappa shape index (κ3) is 8.41. The van der Waals surface area contributed by atoms with Gasteiger partial charge in [0.15, 0.2) is 6.10 Å². The minimum absolute atomic E-state index is 0.0629. The molecule has 3 N–H and O–H groups in total. The van der Waals surface area contributed by atoms with Gasteiger partial charge in [-0.25, -0.2) is 4.79 Å². The zero-order valence-corrected chi connectivity index (χ0v) is 14.4. The number of rotatable bonds is 11. The van der Waals surface area contributed by atoms with Gasteiger partial charge in [-0.05, 0) is 44.0 Å². The average molecular weight is 372 g/mol. The van der Waals surface area contributed by atoms with E-state index < -0.39 is 30.5 Å². The molecule has 144 valence electrons. The number of esters is 1. The zero-order chi connectivity index (χ0) is 19.5. The average Bonchev–Trinajstić information content (AvgIpc) is 2.57. The lowest BCUT2D eigenvalue weighted by Crippen LogP contribution is -2.30. The lowest BCUT2D eigenvalue weighted by atomic mass is 10.1. The Labute approximate surface area is 149 Å². The fourth-order valence-corrected chi connectivity index (χ4v) is 2.13. The summed E-state index contributed by atoms with van der Waals surface area (Å²) in [5.74, 6) is -1.01. The van der Waals surface area contributed by atoms with Crippen molar-refractivity contribution in [3.05, 3.63) is 29.8 Å². The summed E-state index contributed by atoms with van der Waals surface area (Å²) >= 11 is 0. The maximum atomic E-state index is 12.2. The Balaban J connectivity index is 2.34. The summed E-state index contributed by atoms with van der Waals surface area (Å²) < 4.78 is 33.4. The second-order valence-electron chi connectivity index (χ2n) is 5.50. The molecule has 0 spiro atoms. The Kier molecular flexibility index (Phi) is 9.04. The molecular formula is C17H22F2N2O5. The van der Waals surface area contributed by atoms with Crippen molar-refractivity contribution in [1.82, 2.24) is 5.32 Å². The first-order chi connectivity index (χ1) is 12.3. The van der Waals surface area contributed by atoms with E-state index in [9.17, 15) is 23.2 Å². The second kappa shape index (κ2) is 11.0. The number of unbranched alkanes of at least 4 members (excludes halogenated alkanes) is 2. The predicted molar refractivity (Wildman–Crippen MR) is 89.0 cm³/mol. The van der Waals surface area contributed by atoms with Gasteiger partial charge < -0.3 is 20.5 Å². The smallest absolute Gasteiger partial charge is 0.387 e. The number of nitrogens with two attached hydrogens (primary N) is 1. The zero-order valence-electron chi connectivity index (χ0n) is 14.4. The maximum absolute atomic E-state index is 12.2. The van der Waals surface area contributed by atoms with Crippen LogP contribution in [0.1, 0.15) is 43.0 Å². The molecule has 26 heavy (non-hydrogen) atoms. The normalized spacial score (nSPS) is 11.7. The van der Waals surface area contributed by atoms with Gasteiger partial charge in [-0.2, -0.15) is 8.78 Å². The Morgan fingerprint density at radius 1 is 1.12 bits per heavy atom. The first-order valence-corrected chi connectivity index (χ1v) is 8.11. The van der Waals surface area contributed by atoms with Crippen LogP contribution in [0.3, 0.4) is 0 Å². The fourth-order valence-electron chi connectivity index (χ4n) is 2.13. The Bertz CT molecular complexity index is 608. The van der Waals surface area contributed by atoms with Gasteiger partial charge in [0, 0.05) is 18.5 Å². The molecular weight excluding hydrogens is 350 g/mol. The van der Waals surface area contributed by atoms with Crippen molar-refractivity contribution in [3.63, 3.8) is 0 Å². The van der Waals surface area contributed by atoms with Crippen LogP contribution in [0.5, 0.6) is 5.75 Å². The minimum atomic E-state index is -2.94. The molecule has 1 rings (SSSR count). The first kappa shape index (κ1) is 21.3. The number of alkyl halides is 2. The summed E-state index contributed by atoms with van der Waals surface area (Å²) in [4.78, 5) is 34.4. The predicted octanol–water partition coefficient (Wildman–Crippen LogP) is 2.63. The number of ether oxygens (including phenoxy) is 2. The van der Waals surface area contributed by atoms with Gasteiger partial charge in [0.1, 0.15) is 5.75 Å². The number of hydrogen-bond acceptors (Lipinski definition) is 5. The summed E-state index contributed by atoms with van der Waals surface area (Å²) in [6.07, 6.45) is 1.09. The number of hydrogen-bond donors (Lipinski definition) is 2. The summed E-state index contributed by atoms with van der Waals surface area (Å²) in [5, 5.41) is 2.44. The van der Waals surface area contributed by atoms with Gasteiger partial charge >= 0.3 is 18.6 Å². The van der Waals surface area contributed by atoms with E-state index in [-0.39, 0.29) is 17.7 Å². The van der Waals surface area contributed by atoms with E-state index in [1.165, 1.54) is 31.2 Å². The van der Waals surface area contributed by atoms with Crippen LogP contribution in [0, 0.1) is 0 Å². The van der Waals surface area contributed by atoms with Crippen LogP contribution >= 0.6 is 0 Å². The molecule has 1 aromatic rings. The van der Waals surface area contributed by atoms with Crippen LogP contribution in [0.2, 0.25) is 0 Å². The molecule has 1 atom stereocenters. The van der Waals surface area contributed by atoms with Crippen LogP contribution in [-0.2, 0) is 9.53 Å². The van der Waals surface area contributed by atoms with Crippen molar-refractivity contribution < 1.29 is 32.6 Å². The minimum Gasteiger partial charge on any atom is -0.454 e. The maximum Gasteiger partial charge on any atom is 0.387 e. The topological polar surface area (TPSA) is 108 Å². The molecule has 0 saturated heterocycles. The van der Waals surface area contributed by atoms with E-state index in [0.717, 1.165) is 0 Å². The van der Waals surface area contributed by atoms with Gasteiger partial charge in [-0.3, -0.25) is 9.59 Å². The highest BCUT2D eigenvalue weighted by Gasteiger charge is 2.19. The van der Waals surface area contributed by atoms with Crippen molar-refractivity contribution in [2.24, 2.45) is 5.73 Å². The molecule has 0 fully saturated rings. The van der Waals surface area contributed by atoms with Crippen molar-refractivity contribution in [2.45, 2.75) is 45.3 Å².